The summed E-state index contributed by atoms with van der Waals surface area (Å²) in [5.74, 6) is -1.59. The molecular weight excluding hydrogens is 432 g/mol. The van der Waals surface area contributed by atoms with Gasteiger partial charge in [-0.25, -0.2) is 4.98 Å². The number of Topliss-reactive ketones (excluding diaryl/α,β-unsaturated/α-hetero) is 1. The minimum absolute atomic E-state index is 0.0724. The fraction of sp³-hybridized carbons (Fsp3) is 0.148. The topological polar surface area (TPSA) is 70.5 Å². The lowest BCUT2D eigenvalue weighted by Gasteiger charge is -2.23. The summed E-state index contributed by atoms with van der Waals surface area (Å²) >= 11 is 1.37. The van der Waals surface area contributed by atoms with E-state index in [2.05, 4.69) is 4.98 Å². The number of aryl methyl sites for hydroxylation is 3. The molecule has 33 heavy (non-hydrogen) atoms. The van der Waals surface area contributed by atoms with Crippen LogP contribution in [0.4, 0.5) is 5.13 Å². The van der Waals surface area contributed by atoms with Crippen molar-refractivity contribution in [1.82, 2.24) is 4.98 Å². The maximum Gasteiger partial charge on any atom is 0.301 e. The Morgan fingerprint density at radius 3 is 2.15 bits per heavy atom. The Kier molecular flexibility index (Phi) is 5.10. The largest absolute Gasteiger partial charge is 0.507 e. The number of ketones is 1. The maximum absolute atomic E-state index is 13.3. The fourth-order valence-corrected chi connectivity index (χ4v) is 5.17. The number of amides is 1. The number of carbonyl (C=O) groups is 2. The van der Waals surface area contributed by atoms with Gasteiger partial charge in [-0.2, -0.15) is 0 Å². The van der Waals surface area contributed by atoms with Gasteiger partial charge in [-0.1, -0.05) is 77.1 Å². The van der Waals surface area contributed by atoms with Crippen LogP contribution in [0.2, 0.25) is 0 Å². The number of benzene rings is 3. The molecule has 6 heteroatoms. The van der Waals surface area contributed by atoms with Crippen molar-refractivity contribution in [1.29, 1.82) is 0 Å². The number of aliphatic hydroxyl groups is 1. The van der Waals surface area contributed by atoms with Crippen LogP contribution in [0, 0.1) is 20.8 Å². The average Bonchev–Trinajstić information content (AvgIpc) is 3.32. The molecule has 0 radical (unpaired) electrons. The molecule has 1 aromatic heterocycles. The standard InChI is InChI=1S/C27H22N2O3S/c1-15-4-9-18(10-5-15)23-22(24(30)19-11-6-16(2)7-12-19)25(31)26(32)29(23)27-28-20-13-8-17(3)14-21(20)33-27/h4-14,23,30H,1-3H3/t23-/m1/s1. The van der Waals surface area contributed by atoms with Crippen LogP contribution in [-0.2, 0) is 9.59 Å². The molecule has 0 aliphatic carbocycles. The molecule has 5 nitrogen and oxygen atoms in total. The number of aromatic nitrogens is 1. The molecular formula is C27H22N2O3S. The van der Waals surface area contributed by atoms with Crippen LogP contribution >= 0.6 is 11.3 Å². The Hall–Kier alpha value is -3.77. The zero-order chi connectivity index (χ0) is 23.3. The predicted molar refractivity (Wildman–Crippen MR) is 131 cm³/mol. The Morgan fingerprint density at radius 2 is 1.48 bits per heavy atom. The quantitative estimate of drug-likeness (QED) is 0.240. The lowest BCUT2D eigenvalue weighted by Crippen LogP contribution is -2.29. The van der Waals surface area contributed by atoms with Crippen LogP contribution in [0.15, 0.2) is 72.3 Å². The van der Waals surface area contributed by atoms with Crippen molar-refractivity contribution >= 4 is 44.1 Å². The lowest BCUT2D eigenvalue weighted by atomic mass is 9.94. The van der Waals surface area contributed by atoms with Crippen LogP contribution < -0.4 is 4.90 Å². The number of carbonyl (C=O) groups excluding carboxylic acids is 2. The molecule has 0 bridgehead atoms. The van der Waals surface area contributed by atoms with E-state index in [0.29, 0.717) is 10.7 Å². The second kappa shape index (κ2) is 7.98. The number of rotatable bonds is 3. The van der Waals surface area contributed by atoms with Crippen LogP contribution in [0.25, 0.3) is 16.0 Å². The van der Waals surface area contributed by atoms with Crippen LogP contribution in [0.5, 0.6) is 0 Å². The van der Waals surface area contributed by atoms with Crippen LogP contribution in [-0.4, -0.2) is 21.8 Å². The predicted octanol–water partition coefficient (Wildman–Crippen LogP) is 5.85. The molecule has 1 fully saturated rings. The van der Waals surface area contributed by atoms with Gasteiger partial charge in [-0.3, -0.25) is 14.5 Å². The smallest absolute Gasteiger partial charge is 0.301 e. The zero-order valence-corrected chi connectivity index (χ0v) is 19.3. The summed E-state index contributed by atoms with van der Waals surface area (Å²) < 4.78 is 0.938. The van der Waals surface area contributed by atoms with Gasteiger partial charge in [0.15, 0.2) is 5.13 Å². The highest BCUT2D eigenvalue weighted by atomic mass is 32.1. The second-order valence-corrected chi connectivity index (χ2v) is 9.42. The third kappa shape index (κ3) is 3.62. The van der Waals surface area contributed by atoms with Gasteiger partial charge in [0, 0.05) is 5.56 Å². The molecule has 1 N–H and O–H groups in total. The molecule has 1 atom stereocenters. The van der Waals surface area contributed by atoms with Crippen molar-refractivity contribution in [2.75, 3.05) is 4.90 Å². The summed E-state index contributed by atoms with van der Waals surface area (Å²) in [7, 11) is 0. The van der Waals surface area contributed by atoms with E-state index in [1.807, 2.05) is 75.4 Å². The van der Waals surface area contributed by atoms with Crippen molar-refractivity contribution in [2.24, 2.45) is 0 Å². The van der Waals surface area contributed by atoms with E-state index in [0.717, 1.165) is 32.5 Å². The molecule has 3 aromatic carbocycles. The summed E-state index contributed by atoms with van der Waals surface area (Å²) in [5, 5.41) is 11.6. The van der Waals surface area contributed by atoms with Gasteiger partial charge < -0.3 is 5.11 Å². The van der Waals surface area contributed by atoms with E-state index in [4.69, 9.17) is 0 Å². The van der Waals surface area contributed by atoms with E-state index in [1.165, 1.54) is 16.2 Å². The molecule has 4 aromatic rings. The Morgan fingerprint density at radius 1 is 0.879 bits per heavy atom. The highest BCUT2D eigenvalue weighted by molar-refractivity contribution is 7.22. The molecule has 1 aliphatic rings. The maximum atomic E-state index is 13.3. The average molecular weight is 455 g/mol. The summed E-state index contributed by atoms with van der Waals surface area (Å²) in [6.45, 7) is 5.92. The van der Waals surface area contributed by atoms with Gasteiger partial charge in [-0.05, 0) is 44.0 Å². The van der Waals surface area contributed by atoms with Gasteiger partial charge in [0.2, 0.25) is 0 Å². The number of aliphatic hydroxyl groups excluding tert-OH is 1. The molecule has 0 unspecified atom stereocenters. The number of hydrogen-bond acceptors (Lipinski definition) is 5. The van der Waals surface area contributed by atoms with Gasteiger partial charge >= 0.3 is 5.91 Å². The summed E-state index contributed by atoms with van der Waals surface area (Å²) in [6, 6.07) is 20.0. The van der Waals surface area contributed by atoms with Gasteiger partial charge in [0.1, 0.15) is 5.76 Å². The summed E-state index contributed by atoms with van der Waals surface area (Å²) in [6.07, 6.45) is 0. The first-order valence-electron chi connectivity index (χ1n) is 10.7. The van der Waals surface area contributed by atoms with E-state index < -0.39 is 17.7 Å². The first kappa shape index (κ1) is 21.1. The van der Waals surface area contributed by atoms with E-state index >= 15 is 0 Å². The van der Waals surface area contributed by atoms with Crippen molar-refractivity contribution in [3.63, 3.8) is 0 Å². The number of thiazole rings is 1. The molecule has 2 heterocycles. The fourth-order valence-electron chi connectivity index (χ4n) is 4.08. The highest BCUT2D eigenvalue weighted by Crippen LogP contribution is 2.44. The number of hydrogen-bond donors (Lipinski definition) is 1. The minimum Gasteiger partial charge on any atom is -0.507 e. The normalized spacial score (nSPS) is 17.8. The second-order valence-electron chi connectivity index (χ2n) is 8.41. The number of fused-ring (bicyclic) bond motifs is 1. The van der Waals surface area contributed by atoms with Crippen LogP contribution in [0.3, 0.4) is 0 Å². The van der Waals surface area contributed by atoms with E-state index in [9.17, 15) is 14.7 Å². The molecule has 0 saturated carbocycles. The molecule has 1 amide bonds. The Bertz CT molecular complexity index is 1430. The van der Waals surface area contributed by atoms with E-state index in [1.54, 1.807) is 12.1 Å². The number of anilines is 1. The van der Waals surface area contributed by atoms with Crippen molar-refractivity contribution < 1.29 is 14.7 Å². The molecule has 1 saturated heterocycles. The Balaban J connectivity index is 1.73. The summed E-state index contributed by atoms with van der Waals surface area (Å²) in [5.41, 5.74) is 5.26. The van der Waals surface area contributed by atoms with Crippen molar-refractivity contribution in [3.8, 4) is 0 Å². The van der Waals surface area contributed by atoms with E-state index in [-0.39, 0.29) is 11.3 Å². The highest BCUT2D eigenvalue weighted by Gasteiger charge is 2.48. The van der Waals surface area contributed by atoms with Crippen LogP contribution in [0.1, 0.15) is 33.9 Å². The zero-order valence-electron chi connectivity index (χ0n) is 18.5. The van der Waals surface area contributed by atoms with Crippen molar-refractivity contribution in [2.45, 2.75) is 26.8 Å². The van der Waals surface area contributed by atoms with Crippen molar-refractivity contribution in [3.05, 3.63) is 100 Å². The monoisotopic (exact) mass is 454 g/mol. The Labute approximate surface area is 195 Å². The SMILES string of the molecule is Cc1ccc(C(O)=C2C(=O)C(=O)N(c3nc4ccc(C)cc4s3)[C@@H]2c2ccc(C)cc2)cc1. The molecule has 164 valence electrons. The first-order chi connectivity index (χ1) is 15.8. The lowest BCUT2D eigenvalue weighted by molar-refractivity contribution is -0.132. The third-order valence-electron chi connectivity index (χ3n) is 5.90. The third-order valence-corrected chi connectivity index (χ3v) is 6.92. The first-order valence-corrected chi connectivity index (χ1v) is 11.5. The number of nitrogens with zero attached hydrogens (tertiary/aromatic N) is 2. The minimum atomic E-state index is -0.770. The molecule has 0 spiro atoms. The summed E-state index contributed by atoms with van der Waals surface area (Å²) in [4.78, 5) is 32.6. The molecule has 1 aliphatic heterocycles. The van der Waals surface area contributed by atoms with Gasteiger partial charge in [0.05, 0.1) is 21.8 Å². The molecule has 5 rings (SSSR count). The van der Waals surface area contributed by atoms with Gasteiger partial charge in [-0.15, -0.1) is 0 Å². The van der Waals surface area contributed by atoms with Gasteiger partial charge in [0.25, 0.3) is 5.78 Å².